The Morgan fingerprint density at radius 1 is 1.21 bits per heavy atom. The van der Waals surface area contributed by atoms with Crippen molar-refractivity contribution < 1.29 is 19.2 Å². The quantitative estimate of drug-likeness (QED) is 0.506. The molecule has 1 aliphatic heterocycles. The maximum atomic E-state index is 12.1. The molecule has 1 rings (SSSR count). The molecule has 0 aliphatic carbocycles. The Hall–Kier alpha value is -1.30. The SMILES string of the molecule is C=C(CC(C)(C)SC(C)C(=O)ON1C(=O)CCC1=O)C(C)C.CC. The molecule has 2 amide bonds. The molecular formula is C18H31NO4S. The van der Waals surface area contributed by atoms with Gasteiger partial charge < -0.3 is 4.84 Å². The number of hydrogen-bond acceptors (Lipinski definition) is 5. The van der Waals surface area contributed by atoms with Gasteiger partial charge in [0.15, 0.2) is 0 Å². The maximum Gasteiger partial charge on any atom is 0.345 e. The first kappa shape index (κ1) is 22.7. The van der Waals surface area contributed by atoms with Crippen LogP contribution < -0.4 is 0 Å². The molecule has 1 heterocycles. The van der Waals surface area contributed by atoms with Crippen LogP contribution in [0.5, 0.6) is 0 Å². The Kier molecular flexibility index (Phi) is 9.33. The lowest BCUT2D eigenvalue weighted by Gasteiger charge is -2.29. The van der Waals surface area contributed by atoms with E-state index in [0.717, 1.165) is 12.0 Å². The van der Waals surface area contributed by atoms with Gasteiger partial charge in [-0.15, -0.1) is 16.8 Å². The molecule has 0 saturated carbocycles. The highest BCUT2D eigenvalue weighted by molar-refractivity contribution is 8.01. The molecule has 0 N–H and O–H groups in total. The number of imide groups is 1. The van der Waals surface area contributed by atoms with E-state index in [9.17, 15) is 14.4 Å². The molecule has 0 bridgehead atoms. The second kappa shape index (κ2) is 9.87. The van der Waals surface area contributed by atoms with Crippen molar-refractivity contribution in [3.05, 3.63) is 12.2 Å². The van der Waals surface area contributed by atoms with Gasteiger partial charge in [-0.25, -0.2) is 4.79 Å². The fourth-order valence-electron chi connectivity index (χ4n) is 2.14. The third-order valence-electron chi connectivity index (χ3n) is 3.48. The Balaban J connectivity index is 0.00000254. The number of thioether (sulfide) groups is 1. The molecule has 138 valence electrons. The number of rotatable bonds is 7. The van der Waals surface area contributed by atoms with Crippen LogP contribution in [0.25, 0.3) is 0 Å². The smallest absolute Gasteiger partial charge is 0.329 e. The van der Waals surface area contributed by atoms with Crippen LogP contribution in [0.4, 0.5) is 0 Å². The van der Waals surface area contributed by atoms with Gasteiger partial charge >= 0.3 is 5.97 Å². The van der Waals surface area contributed by atoms with Gasteiger partial charge in [0.05, 0.1) is 0 Å². The van der Waals surface area contributed by atoms with Crippen molar-refractivity contribution in [2.24, 2.45) is 5.92 Å². The van der Waals surface area contributed by atoms with E-state index in [1.165, 1.54) is 11.8 Å². The number of amides is 2. The third-order valence-corrected chi connectivity index (χ3v) is 4.81. The predicted octanol–water partition coefficient (Wildman–Crippen LogP) is 4.12. The Bertz CT molecular complexity index is 469. The Morgan fingerprint density at radius 2 is 1.67 bits per heavy atom. The summed E-state index contributed by atoms with van der Waals surface area (Å²) in [5, 5.41) is 0.121. The Labute approximate surface area is 150 Å². The van der Waals surface area contributed by atoms with Crippen LogP contribution in [0.15, 0.2) is 12.2 Å². The molecule has 0 aromatic carbocycles. The highest BCUT2D eigenvalue weighted by atomic mass is 32.2. The summed E-state index contributed by atoms with van der Waals surface area (Å²) in [4.78, 5) is 39.9. The first-order valence-corrected chi connectivity index (χ1v) is 9.34. The molecule has 0 aromatic rings. The van der Waals surface area contributed by atoms with Gasteiger partial charge in [0.2, 0.25) is 0 Å². The molecule has 1 atom stereocenters. The van der Waals surface area contributed by atoms with E-state index in [1.807, 2.05) is 27.7 Å². The standard InChI is InChI=1S/C16H25NO4S.C2H6/c1-10(2)11(3)9-16(5,6)22-12(4)15(20)21-17-13(18)7-8-14(17)19;1-2/h10,12H,3,7-9H2,1-2,4-6H3;1-2H3. The van der Waals surface area contributed by atoms with Gasteiger partial charge in [-0.1, -0.05) is 53.7 Å². The van der Waals surface area contributed by atoms with E-state index in [2.05, 4.69) is 20.4 Å². The summed E-state index contributed by atoms with van der Waals surface area (Å²) in [5.41, 5.74) is 1.13. The summed E-state index contributed by atoms with van der Waals surface area (Å²) in [6, 6.07) is 0. The molecule has 0 spiro atoms. The Morgan fingerprint density at radius 3 is 2.08 bits per heavy atom. The van der Waals surface area contributed by atoms with Gasteiger partial charge in [-0.05, 0) is 19.3 Å². The van der Waals surface area contributed by atoms with Crippen LogP contribution >= 0.6 is 11.8 Å². The van der Waals surface area contributed by atoms with Crippen molar-refractivity contribution >= 4 is 29.5 Å². The van der Waals surface area contributed by atoms with E-state index in [1.54, 1.807) is 6.92 Å². The van der Waals surface area contributed by atoms with Crippen LogP contribution in [0.1, 0.15) is 67.7 Å². The number of allylic oxidation sites excluding steroid dienone is 1. The first-order valence-electron chi connectivity index (χ1n) is 8.46. The summed E-state index contributed by atoms with van der Waals surface area (Å²) in [6.45, 7) is 18.1. The van der Waals surface area contributed by atoms with E-state index in [4.69, 9.17) is 4.84 Å². The lowest BCUT2D eigenvalue weighted by molar-refractivity contribution is -0.196. The van der Waals surface area contributed by atoms with E-state index in [-0.39, 0.29) is 17.6 Å². The monoisotopic (exact) mass is 357 g/mol. The second-order valence-electron chi connectivity index (χ2n) is 6.50. The molecule has 24 heavy (non-hydrogen) atoms. The fourth-order valence-corrected chi connectivity index (χ4v) is 3.51. The fraction of sp³-hybridized carbons (Fsp3) is 0.722. The van der Waals surface area contributed by atoms with Crippen LogP contribution in [-0.2, 0) is 19.2 Å². The average molecular weight is 358 g/mol. The lowest BCUT2D eigenvalue weighted by atomic mass is 9.95. The van der Waals surface area contributed by atoms with Gasteiger partial charge in [0.25, 0.3) is 11.8 Å². The number of hydroxylamine groups is 2. The van der Waals surface area contributed by atoms with Crippen LogP contribution in [-0.4, -0.2) is 32.8 Å². The summed E-state index contributed by atoms with van der Waals surface area (Å²) in [6.07, 6.45) is 0.995. The molecule has 6 heteroatoms. The molecule has 1 aliphatic rings. The predicted molar refractivity (Wildman–Crippen MR) is 98.3 cm³/mol. The minimum atomic E-state index is -0.572. The lowest BCUT2D eigenvalue weighted by Crippen LogP contribution is -2.36. The minimum Gasteiger partial charge on any atom is -0.329 e. The summed E-state index contributed by atoms with van der Waals surface area (Å²) >= 11 is 1.46. The average Bonchev–Trinajstić information content (AvgIpc) is 2.80. The number of carbonyl (C=O) groups excluding carboxylic acids is 3. The van der Waals surface area contributed by atoms with Crippen molar-refractivity contribution in [2.45, 2.75) is 77.7 Å². The van der Waals surface area contributed by atoms with Crippen LogP contribution in [0.3, 0.4) is 0 Å². The van der Waals surface area contributed by atoms with Gasteiger partial charge in [-0.2, -0.15) is 0 Å². The van der Waals surface area contributed by atoms with Crippen molar-refractivity contribution in [1.29, 1.82) is 0 Å². The number of hydrogen-bond donors (Lipinski definition) is 0. The van der Waals surface area contributed by atoms with Crippen LogP contribution in [0.2, 0.25) is 0 Å². The van der Waals surface area contributed by atoms with Crippen molar-refractivity contribution in [1.82, 2.24) is 5.06 Å². The topological polar surface area (TPSA) is 63.7 Å². The molecule has 0 aromatic heterocycles. The largest absolute Gasteiger partial charge is 0.345 e. The zero-order valence-electron chi connectivity index (χ0n) is 16.0. The van der Waals surface area contributed by atoms with Gasteiger partial charge in [-0.3, -0.25) is 9.59 Å². The number of carbonyl (C=O) groups is 3. The molecular weight excluding hydrogens is 326 g/mol. The van der Waals surface area contributed by atoms with Crippen molar-refractivity contribution in [2.75, 3.05) is 0 Å². The third kappa shape index (κ3) is 7.07. The molecule has 5 nitrogen and oxygen atoms in total. The highest BCUT2D eigenvalue weighted by Crippen LogP contribution is 2.36. The van der Waals surface area contributed by atoms with Gasteiger partial charge in [0, 0.05) is 17.6 Å². The molecule has 1 fully saturated rings. The summed E-state index contributed by atoms with van der Waals surface area (Å²) < 4.78 is -0.182. The van der Waals surface area contributed by atoms with Crippen LogP contribution in [0, 0.1) is 5.92 Å². The van der Waals surface area contributed by atoms with Gasteiger partial charge in [0.1, 0.15) is 5.25 Å². The molecule has 1 unspecified atom stereocenters. The van der Waals surface area contributed by atoms with Crippen molar-refractivity contribution in [3.8, 4) is 0 Å². The highest BCUT2D eigenvalue weighted by Gasteiger charge is 2.35. The zero-order chi connectivity index (χ0) is 19.1. The zero-order valence-corrected chi connectivity index (χ0v) is 16.8. The first-order chi connectivity index (χ1) is 11.0. The maximum absolute atomic E-state index is 12.1. The molecule has 1 saturated heterocycles. The minimum absolute atomic E-state index is 0.105. The number of nitrogens with zero attached hydrogens (tertiary/aromatic N) is 1. The molecule has 0 radical (unpaired) electrons. The summed E-state index contributed by atoms with van der Waals surface area (Å²) in [5.74, 6) is -1.09. The normalized spacial score (nSPS) is 15.9. The van der Waals surface area contributed by atoms with E-state index in [0.29, 0.717) is 11.0 Å². The summed E-state index contributed by atoms with van der Waals surface area (Å²) in [7, 11) is 0. The van der Waals surface area contributed by atoms with E-state index < -0.39 is 23.0 Å². The van der Waals surface area contributed by atoms with Crippen molar-refractivity contribution in [3.63, 3.8) is 0 Å². The van der Waals surface area contributed by atoms with E-state index >= 15 is 0 Å². The second-order valence-corrected chi connectivity index (χ2v) is 8.55.